The van der Waals surface area contributed by atoms with Gasteiger partial charge in [0.15, 0.2) is 0 Å². The molecule has 1 aliphatic heterocycles. The van der Waals surface area contributed by atoms with Crippen LogP contribution in [0, 0.1) is 0 Å². The van der Waals surface area contributed by atoms with Crippen LogP contribution in [-0.2, 0) is 4.79 Å². The first-order chi connectivity index (χ1) is 8.71. The van der Waals surface area contributed by atoms with Crippen LogP contribution in [-0.4, -0.2) is 37.2 Å². The van der Waals surface area contributed by atoms with Crippen LogP contribution in [0.25, 0.3) is 5.53 Å². The second-order valence-corrected chi connectivity index (χ2v) is 3.79. The smallest absolute Gasteiger partial charge is 0.358 e. The van der Waals surface area contributed by atoms with Crippen LogP contribution in [0.5, 0.6) is 11.5 Å². The number of amides is 1. The van der Waals surface area contributed by atoms with E-state index in [1.807, 2.05) is 0 Å². The summed E-state index contributed by atoms with van der Waals surface area (Å²) in [7, 11) is 3.09. The fourth-order valence-electron chi connectivity index (χ4n) is 1.91. The van der Waals surface area contributed by atoms with Gasteiger partial charge in [0.1, 0.15) is 11.5 Å². The fourth-order valence-corrected chi connectivity index (χ4v) is 1.91. The molecule has 0 radical (unpaired) electrons. The highest BCUT2D eigenvalue weighted by Crippen LogP contribution is 2.33. The molecule has 1 saturated heterocycles. The normalized spacial score (nSPS) is 14.7. The third kappa shape index (κ3) is 1.94. The van der Waals surface area contributed by atoms with Gasteiger partial charge < -0.3 is 15.0 Å². The van der Waals surface area contributed by atoms with E-state index >= 15 is 0 Å². The van der Waals surface area contributed by atoms with Gasteiger partial charge in [-0.2, -0.15) is 4.79 Å². The van der Waals surface area contributed by atoms with Crippen molar-refractivity contribution < 1.29 is 19.1 Å². The lowest BCUT2D eigenvalue weighted by molar-refractivity contribution is -0.115. The summed E-state index contributed by atoms with van der Waals surface area (Å²) in [4.78, 5) is 16.4. The Morgan fingerprint density at radius 2 is 2.11 bits per heavy atom. The van der Waals surface area contributed by atoms with E-state index in [0.717, 1.165) is 0 Å². The van der Waals surface area contributed by atoms with Crippen LogP contribution in [0.2, 0.25) is 0 Å². The average molecular weight is 247 g/mol. The standard InChI is InChI=1S/C12H13N3O3/c1-17-8-3-4-10(11(7-8)18-2)15-6-5-9(14-13)12(15)16/h3-4,7H,5-6H2,1-2H3. The zero-order valence-electron chi connectivity index (χ0n) is 10.2. The van der Waals surface area contributed by atoms with E-state index in [4.69, 9.17) is 15.0 Å². The Balaban J connectivity index is 2.40. The minimum Gasteiger partial charge on any atom is -0.497 e. The summed E-state index contributed by atoms with van der Waals surface area (Å²) >= 11 is 0. The predicted octanol–water partition coefficient (Wildman–Crippen LogP) is 1.11. The van der Waals surface area contributed by atoms with Gasteiger partial charge in [-0.15, -0.1) is 0 Å². The molecular weight excluding hydrogens is 234 g/mol. The highest BCUT2D eigenvalue weighted by molar-refractivity contribution is 6.44. The SMILES string of the molecule is COc1ccc(N2CCC(=[N+]=[N-])C2=O)c(OC)c1. The first-order valence-electron chi connectivity index (χ1n) is 5.46. The molecule has 18 heavy (non-hydrogen) atoms. The largest absolute Gasteiger partial charge is 0.497 e. The van der Waals surface area contributed by atoms with Crippen molar-refractivity contribution in [2.75, 3.05) is 25.7 Å². The van der Waals surface area contributed by atoms with E-state index in [1.165, 1.54) is 12.0 Å². The summed E-state index contributed by atoms with van der Waals surface area (Å²) in [6, 6.07) is 5.20. The van der Waals surface area contributed by atoms with E-state index in [9.17, 15) is 4.79 Å². The number of rotatable bonds is 3. The molecule has 1 amide bonds. The van der Waals surface area contributed by atoms with E-state index in [1.54, 1.807) is 25.3 Å². The molecule has 0 aromatic heterocycles. The molecule has 94 valence electrons. The maximum Gasteiger partial charge on any atom is 0.358 e. The third-order valence-electron chi connectivity index (χ3n) is 2.86. The van der Waals surface area contributed by atoms with Crippen LogP contribution < -0.4 is 14.4 Å². The molecule has 0 spiro atoms. The number of carbonyl (C=O) groups excluding carboxylic acids is 1. The van der Waals surface area contributed by atoms with Crippen LogP contribution in [0.15, 0.2) is 18.2 Å². The zero-order valence-corrected chi connectivity index (χ0v) is 10.2. The Labute approximate surface area is 104 Å². The van der Waals surface area contributed by atoms with Gasteiger partial charge in [0.25, 0.3) is 0 Å². The van der Waals surface area contributed by atoms with E-state index in [0.29, 0.717) is 30.2 Å². The first-order valence-corrected chi connectivity index (χ1v) is 5.46. The monoisotopic (exact) mass is 247 g/mol. The average Bonchev–Trinajstić information content (AvgIpc) is 2.78. The molecule has 1 aromatic carbocycles. The molecule has 0 aliphatic carbocycles. The Hall–Kier alpha value is -2.33. The summed E-state index contributed by atoms with van der Waals surface area (Å²) in [5.41, 5.74) is 9.50. The molecule has 1 heterocycles. The minimum absolute atomic E-state index is 0.160. The number of nitrogens with zero attached hydrogens (tertiary/aromatic N) is 3. The molecule has 0 saturated carbocycles. The zero-order chi connectivity index (χ0) is 13.1. The fraction of sp³-hybridized carbons (Fsp3) is 0.333. The quantitative estimate of drug-likeness (QED) is 0.593. The molecule has 1 aliphatic rings. The van der Waals surface area contributed by atoms with Crippen molar-refractivity contribution in [2.45, 2.75) is 6.42 Å². The molecule has 1 aromatic rings. The van der Waals surface area contributed by atoms with Crippen molar-refractivity contribution >= 4 is 17.3 Å². The molecular formula is C12H13N3O3. The molecule has 1 fully saturated rings. The predicted molar refractivity (Wildman–Crippen MR) is 65.1 cm³/mol. The van der Waals surface area contributed by atoms with E-state index in [2.05, 4.69) is 4.79 Å². The maximum absolute atomic E-state index is 11.9. The van der Waals surface area contributed by atoms with Gasteiger partial charge in [-0.25, -0.2) is 0 Å². The number of methoxy groups -OCH3 is 2. The first kappa shape index (κ1) is 12.1. The summed E-state index contributed by atoms with van der Waals surface area (Å²) in [5.74, 6) is 0.890. The third-order valence-corrected chi connectivity index (χ3v) is 2.86. The van der Waals surface area contributed by atoms with Crippen molar-refractivity contribution in [3.63, 3.8) is 0 Å². The van der Waals surface area contributed by atoms with Crippen molar-refractivity contribution in [1.29, 1.82) is 0 Å². The van der Waals surface area contributed by atoms with E-state index < -0.39 is 0 Å². The number of carbonyl (C=O) groups is 1. The molecule has 0 atom stereocenters. The number of anilines is 1. The lowest BCUT2D eigenvalue weighted by atomic mass is 10.2. The van der Waals surface area contributed by atoms with Crippen molar-refractivity contribution in [1.82, 2.24) is 0 Å². The van der Waals surface area contributed by atoms with Gasteiger partial charge in [-0.3, -0.25) is 9.69 Å². The molecule has 2 rings (SSSR count). The second-order valence-electron chi connectivity index (χ2n) is 3.79. The topological polar surface area (TPSA) is 75.2 Å². The molecule has 0 unspecified atom stereocenters. The van der Waals surface area contributed by atoms with Crippen LogP contribution in [0.3, 0.4) is 0 Å². The van der Waals surface area contributed by atoms with Gasteiger partial charge in [0, 0.05) is 12.6 Å². The van der Waals surface area contributed by atoms with Crippen LogP contribution in [0.1, 0.15) is 6.42 Å². The number of benzene rings is 1. The highest BCUT2D eigenvalue weighted by Gasteiger charge is 2.36. The summed E-state index contributed by atoms with van der Waals surface area (Å²) in [5, 5.41) is 0. The Morgan fingerprint density at radius 3 is 2.67 bits per heavy atom. The highest BCUT2D eigenvalue weighted by atomic mass is 16.5. The lowest BCUT2D eigenvalue weighted by Crippen LogP contribution is -2.27. The lowest BCUT2D eigenvalue weighted by Gasteiger charge is -2.17. The Kier molecular flexibility index (Phi) is 3.30. The van der Waals surface area contributed by atoms with Crippen molar-refractivity contribution in [2.24, 2.45) is 0 Å². The Bertz CT molecular complexity index is 535. The second kappa shape index (κ2) is 4.89. The summed E-state index contributed by atoms with van der Waals surface area (Å²) in [6.07, 6.45) is 0.421. The van der Waals surface area contributed by atoms with E-state index in [-0.39, 0.29) is 11.6 Å². The number of hydrogen-bond donors (Lipinski definition) is 0. The van der Waals surface area contributed by atoms with Gasteiger partial charge in [-0.05, 0) is 12.1 Å². The van der Waals surface area contributed by atoms with Gasteiger partial charge in [-0.1, -0.05) is 0 Å². The number of hydrogen-bond acceptors (Lipinski definition) is 3. The van der Waals surface area contributed by atoms with Crippen LogP contribution >= 0.6 is 0 Å². The molecule has 0 bridgehead atoms. The molecule has 6 heteroatoms. The molecule has 0 N–H and O–H groups in total. The maximum atomic E-state index is 11.9. The van der Waals surface area contributed by atoms with Crippen molar-refractivity contribution in [3.05, 3.63) is 23.7 Å². The van der Waals surface area contributed by atoms with Crippen molar-refractivity contribution in [3.8, 4) is 11.5 Å². The van der Waals surface area contributed by atoms with Crippen LogP contribution in [0.4, 0.5) is 5.69 Å². The minimum atomic E-state index is -0.305. The Morgan fingerprint density at radius 1 is 1.33 bits per heavy atom. The van der Waals surface area contributed by atoms with Gasteiger partial charge in [0.2, 0.25) is 0 Å². The van der Waals surface area contributed by atoms with Gasteiger partial charge in [0.05, 0.1) is 26.3 Å². The molecule has 6 nitrogen and oxygen atoms in total. The number of ether oxygens (including phenoxy) is 2. The summed E-state index contributed by atoms with van der Waals surface area (Å²) in [6.45, 7) is 0.473. The summed E-state index contributed by atoms with van der Waals surface area (Å²) < 4.78 is 10.3. The van der Waals surface area contributed by atoms with Gasteiger partial charge >= 0.3 is 11.6 Å².